The highest BCUT2D eigenvalue weighted by molar-refractivity contribution is 5.81. The second kappa shape index (κ2) is 5.87. The molecule has 1 N–H and O–H groups in total. The third-order valence-corrected chi connectivity index (χ3v) is 2.95. The van der Waals surface area contributed by atoms with Crippen LogP contribution in [0.3, 0.4) is 0 Å². The number of hydrogen-bond donors (Lipinski definition) is 1. The molecule has 2 aromatic rings. The number of alkyl halides is 2. The van der Waals surface area contributed by atoms with Crippen LogP contribution in [-0.4, -0.2) is 24.0 Å². The van der Waals surface area contributed by atoms with Crippen LogP contribution in [0.1, 0.15) is 12.5 Å². The first-order valence-electron chi connectivity index (χ1n) is 6.02. The average molecular weight is 250 g/mol. The fourth-order valence-electron chi connectivity index (χ4n) is 1.89. The largest absolute Gasteiger partial charge is 0.309 e. The van der Waals surface area contributed by atoms with Gasteiger partial charge in [-0.25, -0.2) is 8.78 Å². The van der Waals surface area contributed by atoms with Crippen LogP contribution in [0, 0.1) is 0 Å². The van der Waals surface area contributed by atoms with E-state index in [0.717, 1.165) is 16.5 Å². The van der Waals surface area contributed by atoms with Crippen molar-refractivity contribution in [3.8, 4) is 0 Å². The zero-order valence-corrected chi connectivity index (χ0v) is 10.2. The summed E-state index contributed by atoms with van der Waals surface area (Å²) in [5.74, 6) is 0. The molecule has 4 heteroatoms. The highest BCUT2D eigenvalue weighted by Gasteiger charge is 2.13. The van der Waals surface area contributed by atoms with Gasteiger partial charge in [0, 0.05) is 11.6 Å². The van der Waals surface area contributed by atoms with Crippen molar-refractivity contribution in [3.63, 3.8) is 0 Å². The van der Waals surface area contributed by atoms with Crippen LogP contribution in [0.5, 0.6) is 0 Å². The fraction of sp³-hybridized carbons (Fsp3) is 0.357. The van der Waals surface area contributed by atoms with E-state index in [0.29, 0.717) is 13.0 Å². The second-order valence-electron chi connectivity index (χ2n) is 4.32. The Morgan fingerprint density at radius 1 is 1.22 bits per heavy atom. The molecule has 1 unspecified atom stereocenters. The van der Waals surface area contributed by atoms with Gasteiger partial charge in [-0.05, 0) is 31.5 Å². The van der Waals surface area contributed by atoms with E-state index < -0.39 is 12.5 Å². The molecule has 96 valence electrons. The van der Waals surface area contributed by atoms with Gasteiger partial charge < -0.3 is 5.32 Å². The molecule has 0 fully saturated rings. The van der Waals surface area contributed by atoms with Crippen molar-refractivity contribution < 1.29 is 8.78 Å². The second-order valence-corrected chi connectivity index (χ2v) is 4.32. The molecule has 0 bridgehead atoms. The highest BCUT2D eigenvalue weighted by Crippen LogP contribution is 2.16. The van der Waals surface area contributed by atoms with E-state index in [9.17, 15) is 8.78 Å². The maximum atomic E-state index is 12.3. The summed E-state index contributed by atoms with van der Waals surface area (Å²) in [5.41, 5.74) is 2.04. The maximum absolute atomic E-state index is 12.3. The number of fused-ring (bicyclic) bond motifs is 1. The van der Waals surface area contributed by atoms with Crippen molar-refractivity contribution in [2.75, 3.05) is 6.54 Å². The molecule has 18 heavy (non-hydrogen) atoms. The van der Waals surface area contributed by atoms with Crippen LogP contribution in [0.4, 0.5) is 8.78 Å². The van der Waals surface area contributed by atoms with Crippen LogP contribution in [-0.2, 0) is 6.42 Å². The lowest BCUT2D eigenvalue weighted by Crippen LogP contribution is -2.34. The standard InChI is InChI=1S/C14H16F2N2/c1-10(14(15)16)17-9-7-12-5-2-4-11-6-3-8-18-13(11)12/h2-6,8,10,14,17H,7,9H2,1H3. The number of hydrogen-bond acceptors (Lipinski definition) is 2. The van der Waals surface area contributed by atoms with Gasteiger partial charge in [-0.3, -0.25) is 4.98 Å². The number of benzene rings is 1. The molecule has 0 saturated heterocycles. The van der Waals surface area contributed by atoms with E-state index in [1.54, 1.807) is 6.20 Å². The Balaban J connectivity index is 2.04. The first kappa shape index (κ1) is 12.9. The van der Waals surface area contributed by atoms with Gasteiger partial charge in [0.2, 0.25) is 0 Å². The Labute approximate surface area is 105 Å². The summed E-state index contributed by atoms with van der Waals surface area (Å²) in [4.78, 5) is 4.34. The van der Waals surface area contributed by atoms with Crippen molar-refractivity contribution in [3.05, 3.63) is 42.1 Å². The Bertz CT molecular complexity index is 509. The summed E-state index contributed by atoms with van der Waals surface area (Å²) < 4.78 is 24.7. The quantitative estimate of drug-likeness (QED) is 0.882. The number of halogens is 2. The molecule has 0 aliphatic carbocycles. The van der Waals surface area contributed by atoms with Crippen molar-refractivity contribution in [1.82, 2.24) is 10.3 Å². The molecule has 2 nitrogen and oxygen atoms in total. The number of rotatable bonds is 5. The van der Waals surface area contributed by atoms with Gasteiger partial charge in [-0.15, -0.1) is 0 Å². The van der Waals surface area contributed by atoms with Crippen LogP contribution in [0.25, 0.3) is 10.9 Å². The molecule has 1 heterocycles. The van der Waals surface area contributed by atoms with Crippen LogP contribution >= 0.6 is 0 Å². The predicted octanol–water partition coefficient (Wildman–Crippen LogP) is 3.02. The summed E-state index contributed by atoms with van der Waals surface area (Å²) in [6, 6.07) is 9.08. The molecule has 0 radical (unpaired) electrons. The third-order valence-electron chi connectivity index (χ3n) is 2.95. The number of pyridine rings is 1. The van der Waals surface area contributed by atoms with Gasteiger partial charge in [0.05, 0.1) is 11.6 Å². The Hall–Kier alpha value is -1.55. The lowest BCUT2D eigenvalue weighted by atomic mass is 10.1. The summed E-state index contributed by atoms with van der Waals surface area (Å²) in [7, 11) is 0. The number of aromatic nitrogens is 1. The number of nitrogens with one attached hydrogen (secondary N) is 1. The van der Waals surface area contributed by atoms with E-state index in [1.807, 2.05) is 30.3 Å². The first-order chi connectivity index (χ1) is 8.68. The molecule has 0 aliphatic heterocycles. The van der Waals surface area contributed by atoms with E-state index >= 15 is 0 Å². The molecule has 0 aliphatic rings. The summed E-state index contributed by atoms with van der Waals surface area (Å²) in [5, 5.41) is 3.90. The zero-order valence-electron chi connectivity index (χ0n) is 10.2. The van der Waals surface area contributed by atoms with Crippen LogP contribution in [0.15, 0.2) is 36.5 Å². The fourth-order valence-corrected chi connectivity index (χ4v) is 1.89. The molecular weight excluding hydrogens is 234 g/mol. The zero-order chi connectivity index (χ0) is 13.0. The van der Waals surface area contributed by atoms with Crippen molar-refractivity contribution in [2.45, 2.75) is 25.8 Å². The van der Waals surface area contributed by atoms with E-state index in [2.05, 4.69) is 10.3 Å². The van der Waals surface area contributed by atoms with E-state index in [-0.39, 0.29) is 0 Å². The minimum atomic E-state index is -2.32. The van der Waals surface area contributed by atoms with Crippen LogP contribution in [0.2, 0.25) is 0 Å². The smallest absolute Gasteiger partial charge is 0.253 e. The van der Waals surface area contributed by atoms with Gasteiger partial charge >= 0.3 is 0 Å². The Kier molecular flexibility index (Phi) is 4.20. The molecule has 1 aromatic carbocycles. The van der Waals surface area contributed by atoms with Crippen molar-refractivity contribution >= 4 is 10.9 Å². The first-order valence-corrected chi connectivity index (χ1v) is 6.02. The van der Waals surface area contributed by atoms with Gasteiger partial charge in [-0.2, -0.15) is 0 Å². The normalized spacial score (nSPS) is 13.1. The van der Waals surface area contributed by atoms with Gasteiger partial charge in [0.25, 0.3) is 6.43 Å². The Morgan fingerprint density at radius 3 is 2.78 bits per heavy atom. The minimum Gasteiger partial charge on any atom is -0.309 e. The molecule has 2 rings (SSSR count). The van der Waals surface area contributed by atoms with Crippen LogP contribution < -0.4 is 5.32 Å². The lowest BCUT2D eigenvalue weighted by molar-refractivity contribution is 0.106. The summed E-state index contributed by atoms with van der Waals surface area (Å²) in [6.45, 7) is 2.02. The predicted molar refractivity (Wildman–Crippen MR) is 68.9 cm³/mol. The van der Waals surface area contributed by atoms with Gasteiger partial charge in [0.15, 0.2) is 0 Å². The van der Waals surface area contributed by atoms with Gasteiger partial charge in [0.1, 0.15) is 0 Å². The minimum absolute atomic E-state index is 0.529. The third kappa shape index (κ3) is 3.01. The average Bonchev–Trinajstić information content (AvgIpc) is 2.38. The Morgan fingerprint density at radius 2 is 2.00 bits per heavy atom. The SMILES string of the molecule is CC(NCCc1cccc2cccnc12)C(F)F. The van der Waals surface area contributed by atoms with E-state index in [4.69, 9.17) is 0 Å². The maximum Gasteiger partial charge on any atom is 0.253 e. The summed E-state index contributed by atoms with van der Waals surface area (Å²) >= 11 is 0. The van der Waals surface area contributed by atoms with Crippen molar-refractivity contribution in [1.29, 1.82) is 0 Å². The molecule has 0 amide bonds. The highest BCUT2D eigenvalue weighted by atomic mass is 19.3. The lowest BCUT2D eigenvalue weighted by Gasteiger charge is -2.12. The summed E-state index contributed by atoms with van der Waals surface area (Å²) in [6.07, 6.45) is 0.127. The van der Waals surface area contributed by atoms with E-state index in [1.165, 1.54) is 6.92 Å². The van der Waals surface area contributed by atoms with Crippen molar-refractivity contribution in [2.24, 2.45) is 0 Å². The molecule has 0 spiro atoms. The molecule has 1 aromatic heterocycles. The molecule has 1 atom stereocenters. The monoisotopic (exact) mass is 250 g/mol. The number of para-hydroxylation sites is 1. The molecule has 0 saturated carbocycles. The topological polar surface area (TPSA) is 24.9 Å². The number of nitrogens with zero attached hydrogens (tertiary/aromatic N) is 1. The molecular formula is C14H16F2N2. The van der Waals surface area contributed by atoms with Gasteiger partial charge in [-0.1, -0.05) is 24.3 Å².